The van der Waals surface area contributed by atoms with Gasteiger partial charge in [-0.25, -0.2) is 0 Å². The summed E-state index contributed by atoms with van der Waals surface area (Å²) in [6, 6.07) is 5.62. The molecule has 11 heteroatoms. The monoisotopic (exact) mass is 625 g/mol. The van der Waals surface area contributed by atoms with Gasteiger partial charge >= 0.3 is 15.6 Å². The maximum absolute atomic E-state index is 13.9. The Bertz CT molecular complexity index is 1430. The third-order valence-corrected chi connectivity index (χ3v) is 12.1. The number of nitrogens with one attached hydrogen (secondary N) is 1. The van der Waals surface area contributed by atoms with Crippen LogP contribution in [0.5, 0.6) is 11.5 Å². The lowest BCUT2D eigenvalue weighted by atomic mass is 9.48. The molecular weight excluding hydrogens is 583 g/mol. The lowest BCUT2D eigenvalue weighted by molar-refractivity contribution is -0.133. The Morgan fingerprint density at radius 1 is 0.977 bits per heavy atom. The van der Waals surface area contributed by atoms with E-state index in [-0.39, 0.29) is 34.8 Å². The van der Waals surface area contributed by atoms with Gasteiger partial charge in [-0.2, -0.15) is 21.6 Å². The summed E-state index contributed by atoms with van der Waals surface area (Å²) < 4.78 is 77.3. The number of rotatable bonds is 7. The largest absolute Gasteiger partial charge is 0.534 e. The smallest absolute Gasteiger partial charge is 0.497 e. The lowest BCUT2D eigenvalue weighted by Crippen LogP contribution is -2.52. The molecule has 0 spiro atoms. The van der Waals surface area contributed by atoms with Crippen molar-refractivity contribution in [1.29, 1.82) is 0 Å². The summed E-state index contributed by atoms with van der Waals surface area (Å²) in [6.07, 6.45) is 8.48. The molecule has 0 unspecified atom stereocenters. The Morgan fingerprint density at radius 3 is 2.23 bits per heavy atom. The number of carbonyl (C=O) groups excluding carboxylic acids is 1. The molecule has 4 aliphatic carbocycles. The summed E-state index contributed by atoms with van der Waals surface area (Å²) in [4.78, 5) is 13.9. The van der Waals surface area contributed by atoms with Gasteiger partial charge in [-0.05, 0) is 110 Å². The summed E-state index contributed by atoms with van der Waals surface area (Å²) in [5.74, 6) is 2.03. The molecule has 1 aromatic rings. The summed E-state index contributed by atoms with van der Waals surface area (Å²) >= 11 is 0. The van der Waals surface area contributed by atoms with Gasteiger partial charge in [0.1, 0.15) is 17.3 Å². The van der Waals surface area contributed by atoms with Crippen molar-refractivity contribution in [2.24, 2.45) is 34.5 Å². The molecule has 0 saturated heterocycles. The minimum Gasteiger partial charge on any atom is -0.497 e. The minimum absolute atomic E-state index is 0.0433. The van der Waals surface area contributed by atoms with Crippen molar-refractivity contribution >= 4 is 16.0 Å². The van der Waals surface area contributed by atoms with Crippen LogP contribution in [0, 0.1) is 34.5 Å². The highest BCUT2D eigenvalue weighted by molar-refractivity contribution is 7.87. The first-order chi connectivity index (χ1) is 19.9. The summed E-state index contributed by atoms with van der Waals surface area (Å²) in [7, 11) is -2.51. The van der Waals surface area contributed by atoms with Crippen LogP contribution < -0.4 is 14.8 Å². The third kappa shape index (κ3) is 5.44. The predicted molar refractivity (Wildman–Crippen MR) is 155 cm³/mol. The maximum Gasteiger partial charge on any atom is 0.534 e. The molecule has 0 radical (unpaired) electrons. The van der Waals surface area contributed by atoms with Crippen molar-refractivity contribution in [2.45, 2.75) is 83.7 Å². The van der Waals surface area contributed by atoms with E-state index in [0.29, 0.717) is 35.7 Å². The maximum atomic E-state index is 13.9. The Labute approximate surface area is 252 Å². The van der Waals surface area contributed by atoms with E-state index in [1.807, 2.05) is 26.0 Å². The fourth-order valence-electron chi connectivity index (χ4n) is 8.62. The molecular formula is C32H42F3NO6S. The second-order valence-electron chi connectivity index (χ2n) is 13.7. The number of hydrogen-bond donors (Lipinski definition) is 1. The first kappa shape index (κ1) is 31.7. The van der Waals surface area contributed by atoms with Crippen molar-refractivity contribution in [3.05, 3.63) is 47.2 Å². The van der Waals surface area contributed by atoms with Crippen LogP contribution in [-0.4, -0.2) is 34.1 Å². The van der Waals surface area contributed by atoms with Crippen LogP contribution in [0.15, 0.2) is 41.7 Å². The van der Waals surface area contributed by atoms with Gasteiger partial charge in [0.15, 0.2) is 0 Å². The number of amides is 1. The van der Waals surface area contributed by atoms with E-state index in [4.69, 9.17) is 9.47 Å². The minimum atomic E-state index is -5.70. The molecule has 238 valence electrons. The Morgan fingerprint density at radius 2 is 1.63 bits per heavy atom. The van der Waals surface area contributed by atoms with E-state index in [0.717, 1.165) is 43.2 Å². The van der Waals surface area contributed by atoms with Gasteiger partial charge in [0.25, 0.3) is 0 Å². The Hall–Kier alpha value is -2.69. The molecule has 2 fully saturated rings. The van der Waals surface area contributed by atoms with Crippen LogP contribution in [0.25, 0.3) is 0 Å². The first-order valence-corrected chi connectivity index (χ1v) is 16.3. The summed E-state index contributed by atoms with van der Waals surface area (Å²) in [5, 5.41) is 3.32. The zero-order chi connectivity index (χ0) is 31.6. The molecule has 5 rings (SSSR count). The van der Waals surface area contributed by atoms with Crippen LogP contribution >= 0.6 is 0 Å². The zero-order valence-corrected chi connectivity index (χ0v) is 26.5. The number of methoxy groups -OCH3 is 2. The van der Waals surface area contributed by atoms with Gasteiger partial charge in [0, 0.05) is 18.4 Å². The molecule has 0 aliphatic heterocycles. The fraction of sp³-hybridized carbons (Fsp3) is 0.656. The number of allylic oxidation sites excluding steroid dienone is 4. The molecule has 2 saturated carbocycles. The predicted octanol–water partition coefficient (Wildman–Crippen LogP) is 6.99. The SMILES string of the molecule is COc1cc(OC)cc(C(C)(C)NC(=O)[C@H]2CC[C@H]3[C@@H]4CC=C5C=C(OS(=O)(=O)C(F)(F)F)CC[C@]5(C)[C@H]4CC[C@]23C)c1. The number of carbonyl (C=O) groups is 1. The van der Waals surface area contributed by atoms with Gasteiger partial charge < -0.3 is 19.0 Å². The van der Waals surface area contributed by atoms with Gasteiger partial charge in [-0.3, -0.25) is 4.79 Å². The topological polar surface area (TPSA) is 90.9 Å². The molecule has 7 nitrogen and oxygen atoms in total. The molecule has 0 heterocycles. The van der Waals surface area contributed by atoms with E-state index in [1.54, 1.807) is 20.3 Å². The quantitative estimate of drug-likeness (QED) is 0.259. The zero-order valence-electron chi connectivity index (χ0n) is 25.6. The number of alkyl halides is 3. The van der Waals surface area contributed by atoms with Crippen molar-refractivity contribution in [3.63, 3.8) is 0 Å². The fourth-order valence-corrected chi connectivity index (χ4v) is 9.13. The van der Waals surface area contributed by atoms with Crippen LogP contribution in [0.3, 0.4) is 0 Å². The molecule has 0 aromatic heterocycles. The number of benzene rings is 1. The molecule has 6 atom stereocenters. The average Bonchev–Trinajstić information content (AvgIpc) is 3.29. The van der Waals surface area contributed by atoms with E-state index in [1.165, 1.54) is 6.08 Å². The number of halogens is 3. The van der Waals surface area contributed by atoms with Crippen molar-refractivity contribution in [1.82, 2.24) is 5.32 Å². The van der Waals surface area contributed by atoms with E-state index >= 15 is 0 Å². The molecule has 4 aliphatic rings. The van der Waals surface area contributed by atoms with Crippen LogP contribution in [0.1, 0.15) is 78.2 Å². The lowest BCUT2D eigenvalue weighted by Gasteiger charge is -2.57. The number of hydrogen-bond acceptors (Lipinski definition) is 6. The van der Waals surface area contributed by atoms with Crippen LogP contribution in [-0.2, 0) is 24.6 Å². The second kappa shape index (κ2) is 10.7. The molecule has 43 heavy (non-hydrogen) atoms. The highest BCUT2D eigenvalue weighted by Gasteiger charge is 2.60. The summed E-state index contributed by atoms with van der Waals surface area (Å²) in [6.45, 7) is 8.36. The van der Waals surface area contributed by atoms with Gasteiger partial charge in [0.05, 0.1) is 19.8 Å². The highest BCUT2D eigenvalue weighted by Crippen LogP contribution is 2.66. The number of fused-ring (bicyclic) bond motifs is 5. The summed E-state index contributed by atoms with van der Waals surface area (Å²) in [5.41, 5.74) is -4.83. The van der Waals surface area contributed by atoms with E-state index < -0.39 is 21.2 Å². The normalized spacial score (nSPS) is 32.4. The van der Waals surface area contributed by atoms with Gasteiger partial charge in [-0.15, -0.1) is 0 Å². The van der Waals surface area contributed by atoms with Crippen LogP contribution in [0.4, 0.5) is 13.2 Å². The molecule has 0 bridgehead atoms. The third-order valence-electron chi connectivity index (χ3n) is 11.1. The standard InChI is InChI=1S/C32H42F3NO6S/c1-29(2,20-16-22(40-5)18-23(17-20)41-6)36-28(37)27-10-9-25-24-8-7-19-15-21(42-43(38,39)32(33,34)35)11-13-30(19,3)26(24)12-14-31(25,27)4/h7,15-18,24-27H,8-14H2,1-6H3,(H,36,37)/t24-,25-,26-,27+,30-,31-/m0/s1. The van der Waals surface area contributed by atoms with Crippen LogP contribution in [0.2, 0.25) is 0 Å². The van der Waals surface area contributed by atoms with Gasteiger partial charge in [0.2, 0.25) is 5.91 Å². The molecule has 1 aromatic carbocycles. The average molecular weight is 626 g/mol. The number of ether oxygens (including phenoxy) is 2. The first-order valence-electron chi connectivity index (χ1n) is 14.9. The Kier molecular flexibility index (Phi) is 7.92. The van der Waals surface area contributed by atoms with Crippen molar-refractivity contribution in [2.75, 3.05) is 14.2 Å². The van der Waals surface area contributed by atoms with Crippen molar-refractivity contribution < 1.29 is 40.0 Å². The van der Waals surface area contributed by atoms with E-state index in [9.17, 15) is 26.4 Å². The highest BCUT2D eigenvalue weighted by atomic mass is 32.2. The second-order valence-corrected chi connectivity index (χ2v) is 15.2. The van der Waals surface area contributed by atoms with E-state index in [2.05, 4.69) is 29.4 Å². The Balaban J connectivity index is 1.34. The van der Waals surface area contributed by atoms with Crippen molar-refractivity contribution in [3.8, 4) is 11.5 Å². The van der Waals surface area contributed by atoms with Gasteiger partial charge in [-0.1, -0.05) is 19.9 Å². The molecule has 1 N–H and O–H groups in total. The molecule has 1 amide bonds.